The van der Waals surface area contributed by atoms with Crippen molar-refractivity contribution in [1.82, 2.24) is 0 Å². The lowest BCUT2D eigenvalue weighted by Gasteiger charge is -2.27. The van der Waals surface area contributed by atoms with Crippen molar-refractivity contribution in [3.63, 3.8) is 0 Å². The van der Waals surface area contributed by atoms with Crippen molar-refractivity contribution in [2.45, 2.75) is 25.7 Å². The molecule has 136 valence electrons. The molecule has 0 amide bonds. The molecule has 0 N–H and O–H groups in total. The number of benzene rings is 2. The average Bonchev–Trinajstić information content (AvgIpc) is 2.57. The maximum absolute atomic E-state index is 13.5. The maximum atomic E-state index is 13.5. The second kappa shape index (κ2) is 6.86. The molecule has 0 aromatic heterocycles. The SMILES string of the molecule is Cc1cccc(C2CC(=NOC(=O)c3c(F)c(F)c(F)c(F)c3F)C2)c1. The van der Waals surface area contributed by atoms with Crippen molar-refractivity contribution in [1.29, 1.82) is 0 Å². The molecule has 0 heterocycles. The van der Waals surface area contributed by atoms with Crippen molar-refractivity contribution in [2.24, 2.45) is 5.16 Å². The summed E-state index contributed by atoms with van der Waals surface area (Å²) in [6.45, 7) is 1.95. The highest BCUT2D eigenvalue weighted by Gasteiger charge is 2.32. The van der Waals surface area contributed by atoms with Crippen molar-refractivity contribution in [3.05, 3.63) is 70.0 Å². The molecule has 8 heteroatoms. The highest BCUT2D eigenvalue weighted by atomic mass is 19.2. The minimum atomic E-state index is -2.34. The predicted octanol–water partition coefficient (Wildman–Crippen LogP) is 4.78. The zero-order valence-corrected chi connectivity index (χ0v) is 13.5. The molecule has 1 saturated carbocycles. The van der Waals surface area contributed by atoms with Gasteiger partial charge < -0.3 is 4.84 Å². The fourth-order valence-electron chi connectivity index (χ4n) is 2.68. The van der Waals surface area contributed by atoms with Gasteiger partial charge in [0.1, 0.15) is 5.56 Å². The Morgan fingerprint density at radius 3 is 2.15 bits per heavy atom. The minimum Gasteiger partial charge on any atom is -0.313 e. The number of halogens is 5. The molecule has 3 nitrogen and oxygen atoms in total. The number of nitrogens with zero attached hydrogens (tertiary/aromatic N) is 1. The topological polar surface area (TPSA) is 38.7 Å². The van der Waals surface area contributed by atoms with E-state index >= 15 is 0 Å². The molecule has 0 bridgehead atoms. The highest BCUT2D eigenvalue weighted by Crippen LogP contribution is 2.35. The summed E-state index contributed by atoms with van der Waals surface area (Å²) >= 11 is 0. The van der Waals surface area contributed by atoms with Crippen molar-refractivity contribution in [2.75, 3.05) is 0 Å². The minimum absolute atomic E-state index is 0.168. The first-order chi connectivity index (χ1) is 12.3. The molecule has 2 aromatic carbocycles. The van der Waals surface area contributed by atoms with Crippen LogP contribution in [-0.2, 0) is 4.84 Å². The summed E-state index contributed by atoms with van der Waals surface area (Å²) in [6.07, 6.45) is 0.932. The second-order valence-electron chi connectivity index (χ2n) is 6.00. The van der Waals surface area contributed by atoms with Crippen LogP contribution in [0.1, 0.15) is 40.2 Å². The van der Waals surface area contributed by atoms with Crippen molar-refractivity contribution < 1.29 is 31.6 Å². The lowest BCUT2D eigenvalue weighted by molar-refractivity contribution is 0.0496. The van der Waals surface area contributed by atoms with Crippen LogP contribution in [0.15, 0.2) is 29.4 Å². The molecule has 0 atom stereocenters. The Bertz CT molecular complexity index is 889. The number of rotatable bonds is 3. The third-order valence-corrected chi connectivity index (χ3v) is 4.15. The van der Waals surface area contributed by atoms with E-state index in [0.29, 0.717) is 18.6 Å². The molecule has 0 saturated heterocycles. The van der Waals surface area contributed by atoms with E-state index in [2.05, 4.69) is 9.99 Å². The number of hydrogen-bond donors (Lipinski definition) is 0. The van der Waals surface area contributed by atoms with Gasteiger partial charge in [-0.25, -0.2) is 26.7 Å². The lowest BCUT2D eigenvalue weighted by Crippen LogP contribution is -2.23. The summed E-state index contributed by atoms with van der Waals surface area (Å²) in [4.78, 5) is 16.0. The van der Waals surface area contributed by atoms with Gasteiger partial charge in [0.15, 0.2) is 23.3 Å². The van der Waals surface area contributed by atoms with E-state index in [4.69, 9.17) is 0 Å². The summed E-state index contributed by atoms with van der Waals surface area (Å²) in [6, 6.07) is 7.80. The van der Waals surface area contributed by atoms with E-state index in [0.717, 1.165) is 11.1 Å². The van der Waals surface area contributed by atoms with Crippen LogP contribution in [0.25, 0.3) is 0 Å². The standard InChI is InChI=1S/C18H12F5NO2/c1-8-3-2-4-9(5-8)10-6-11(7-10)24-26-18(25)12-13(19)15(21)17(23)16(22)14(12)20/h2-5,10H,6-7H2,1H3. The first kappa shape index (κ1) is 18.0. The zero-order chi connectivity index (χ0) is 19.0. The Labute approximate surface area is 145 Å². The maximum Gasteiger partial charge on any atom is 0.371 e. The van der Waals surface area contributed by atoms with Crippen LogP contribution in [-0.4, -0.2) is 11.7 Å². The summed E-state index contributed by atoms with van der Waals surface area (Å²) in [5.74, 6) is -12.9. The molecule has 26 heavy (non-hydrogen) atoms. The third kappa shape index (κ3) is 3.18. The molecule has 1 aliphatic rings. The van der Waals surface area contributed by atoms with Gasteiger partial charge >= 0.3 is 5.97 Å². The Kier molecular flexibility index (Phi) is 4.76. The Morgan fingerprint density at radius 1 is 1.00 bits per heavy atom. The van der Waals surface area contributed by atoms with E-state index < -0.39 is 40.6 Å². The quantitative estimate of drug-likeness (QED) is 0.257. The summed E-state index contributed by atoms with van der Waals surface area (Å²) < 4.78 is 66.2. The Balaban J connectivity index is 1.70. The predicted molar refractivity (Wildman–Crippen MR) is 82.2 cm³/mol. The van der Waals surface area contributed by atoms with Gasteiger partial charge in [-0.15, -0.1) is 0 Å². The molecule has 0 unspecified atom stereocenters. The molecular weight excluding hydrogens is 357 g/mol. The normalized spacial score (nSPS) is 16.2. The molecule has 0 radical (unpaired) electrons. The monoisotopic (exact) mass is 369 g/mol. The van der Waals surface area contributed by atoms with Gasteiger partial charge in [0.25, 0.3) is 0 Å². The third-order valence-electron chi connectivity index (χ3n) is 4.15. The summed E-state index contributed by atoms with van der Waals surface area (Å²) in [5, 5.41) is 3.46. The van der Waals surface area contributed by atoms with Crippen LogP contribution < -0.4 is 0 Å². The molecule has 1 fully saturated rings. The van der Waals surface area contributed by atoms with Crippen LogP contribution in [0.5, 0.6) is 0 Å². The van der Waals surface area contributed by atoms with Crippen molar-refractivity contribution in [3.8, 4) is 0 Å². The van der Waals surface area contributed by atoms with Gasteiger partial charge in [0.05, 0.1) is 5.71 Å². The Hall–Kier alpha value is -2.77. The fourth-order valence-corrected chi connectivity index (χ4v) is 2.68. The van der Waals surface area contributed by atoms with Gasteiger partial charge in [0.2, 0.25) is 5.82 Å². The molecule has 3 rings (SSSR count). The highest BCUT2D eigenvalue weighted by molar-refractivity contribution is 5.94. The van der Waals surface area contributed by atoms with Crippen LogP contribution in [0.3, 0.4) is 0 Å². The Morgan fingerprint density at radius 2 is 1.58 bits per heavy atom. The molecule has 0 spiro atoms. The smallest absolute Gasteiger partial charge is 0.313 e. The average molecular weight is 369 g/mol. The van der Waals surface area contributed by atoms with Gasteiger partial charge in [0, 0.05) is 0 Å². The second-order valence-corrected chi connectivity index (χ2v) is 6.00. The van der Waals surface area contributed by atoms with Crippen molar-refractivity contribution >= 4 is 11.7 Å². The fraction of sp³-hybridized carbons (Fsp3) is 0.222. The van der Waals surface area contributed by atoms with Crippen LogP contribution in [0.2, 0.25) is 0 Å². The largest absolute Gasteiger partial charge is 0.371 e. The summed E-state index contributed by atoms with van der Waals surface area (Å²) in [7, 11) is 0. The van der Waals surface area contributed by atoms with E-state index in [1.807, 2.05) is 31.2 Å². The van der Waals surface area contributed by atoms with E-state index in [-0.39, 0.29) is 5.92 Å². The van der Waals surface area contributed by atoms with Crippen LogP contribution in [0, 0.1) is 36.0 Å². The van der Waals surface area contributed by atoms with Gasteiger partial charge in [-0.2, -0.15) is 0 Å². The first-order valence-corrected chi connectivity index (χ1v) is 7.64. The summed E-state index contributed by atoms with van der Waals surface area (Å²) in [5.41, 5.74) is 0.953. The van der Waals surface area contributed by atoms with E-state index in [1.165, 1.54) is 0 Å². The lowest BCUT2D eigenvalue weighted by atomic mass is 9.78. The van der Waals surface area contributed by atoms with E-state index in [1.54, 1.807) is 0 Å². The van der Waals surface area contributed by atoms with Crippen LogP contribution in [0.4, 0.5) is 22.0 Å². The number of hydrogen-bond acceptors (Lipinski definition) is 3. The number of carbonyl (C=O) groups excluding carboxylic acids is 1. The molecule has 0 aliphatic heterocycles. The molecule has 1 aliphatic carbocycles. The first-order valence-electron chi connectivity index (χ1n) is 7.64. The molecule has 2 aromatic rings. The number of aryl methyl sites for hydroxylation is 1. The van der Waals surface area contributed by atoms with Gasteiger partial charge in [-0.3, -0.25) is 0 Å². The van der Waals surface area contributed by atoms with Crippen LogP contribution >= 0.6 is 0 Å². The number of carbonyl (C=O) groups is 1. The number of oxime groups is 1. The van der Waals surface area contributed by atoms with Gasteiger partial charge in [-0.1, -0.05) is 35.0 Å². The van der Waals surface area contributed by atoms with Gasteiger partial charge in [-0.05, 0) is 31.2 Å². The zero-order valence-electron chi connectivity index (χ0n) is 13.5. The molecular formula is C18H12F5NO2. The van der Waals surface area contributed by atoms with E-state index in [9.17, 15) is 26.7 Å².